The summed E-state index contributed by atoms with van der Waals surface area (Å²) < 4.78 is 21.9. The second-order valence-corrected chi connectivity index (χ2v) is 6.17. The van der Waals surface area contributed by atoms with Crippen LogP contribution in [0.25, 0.3) is 0 Å². The molecule has 0 aliphatic rings. The Hall–Kier alpha value is -3.22. The van der Waals surface area contributed by atoms with E-state index in [0.717, 1.165) is 18.4 Å². The Balaban J connectivity index is 2.03. The minimum Gasteiger partial charge on any atom is -0.493 e. The summed E-state index contributed by atoms with van der Waals surface area (Å²) in [5.74, 6) is 2.04. The number of nitrogens with one attached hydrogen (secondary N) is 1. The number of hydrazone groups is 1. The Kier molecular flexibility index (Phi) is 8.82. The van der Waals surface area contributed by atoms with Crippen molar-refractivity contribution < 1.29 is 23.7 Å². The minimum absolute atomic E-state index is 0.351. The average Bonchev–Trinajstić information content (AvgIpc) is 2.76. The normalized spacial score (nSPS) is 10.6. The average molecular weight is 400 g/mol. The Morgan fingerprint density at radius 3 is 2.07 bits per heavy atom. The Labute approximate surface area is 171 Å². The van der Waals surface area contributed by atoms with Crippen molar-refractivity contribution in [3.8, 4) is 23.0 Å². The maximum Gasteiger partial charge on any atom is 0.271 e. The molecule has 2 rings (SSSR count). The fourth-order valence-electron chi connectivity index (χ4n) is 2.47. The number of ether oxygens (including phenoxy) is 4. The molecule has 0 heterocycles. The lowest BCUT2D eigenvalue weighted by atomic mass is 10.2. The van der Waals surface area contributed by atoms with Crippen LogP contribution in [0.5, 0.6) is 23.0 Å². The first kappa shape index (κ1) is 22.1. The van der Waals surface area contributed by atoms with Gasteiger partial charge in [0.2, 0.25) is 0 Å². The zero-order valence-corrected chi connectivity index (χ0v) is 17.4. The standard InChI is InChI=1S/C22H28N2O5/c1-5-11-28-18-9-7-16(13-20(18)26-3)15-23-24-22(25)17-8-10-19(29-12-6-2)21(14-17)27-4/h7-10,13-15H,5-6,11-12H2,1-4H3,(H,24,25)/b23-15+. The third kappa shape index (κ3) is 6.41. The van der Waals surface area contributed by atoms with Crippen molar-refractivity contribution >= 4 is 12.1 Å². The van der Waals surface area contributed by atoms with Gasteiger partial charge in [0.1, 0.15) is 0 Å². The van der Waals surface area contributed by atoms with Gasteiger partial charge in [-0.15, -0.1) is 0 Å². The largest absolute Gasteiger partial charge is 0.493 e. The minimum atomic E-state index is -0.351. The monoisotopic (exact) mass is 400 g/mol. The fourth-order valence-corrected chi connectivity index (χ4v) is 2.47. The van der Waals surface area contributed by atoms with Crippen LogP contribution in [0.3, 0.4) is 0 Å². The second kappa shape index (κ2) is 11.6. The van der Waals surface area contributed by atoms with E-state index in [0.29, 0.717) is 41.8 Å². The summed E-state index contributed by atoms with van der Waals surface area (Å²) in [6, 6.07) is 10.5. The lowest BCUT2D eigenvalue weighted by Crippen LogP contribution is -2.17. The van der Waals surface area contributed by atoms with Crippen molar-refractivity contribution in [1.29, 1.82) is 0 Å². The number of nitrogens with zero attached hydrogens (tertiary/aromatic N) is 1. The van der Waals surface area contributed by atoms with Gasteiger partial charge in [0.25, 0.3) is 5.91 Å². The summed E-state index contributed by atoms with van der Waals surface area (Å²) in [7, 11) is 3.12. The summed E-state index contributed by atoms with van der Waals surface area (Å²) in [6.07, 6.45) is 3.34. The Morgan fingerprint density at radius 2 is 1.48 bits per heavy atom. The molecule has 2 aromatic carbocycles. The van der Waals surface area contributed by atoms with E-state index in [2.05, 4.69) is 10.5 Å². The highest BCUT2D eigenvalue weighted by atomic mass is 16.5. The maximum atomic E-state index is 12.4. The van der Waals surface area contributed by atoms with Crippen LogP contribution in [0.15, 0.2) is 41.5 Å². The molecule has 0 saturated heterocycles. The Morgan fingerprint density at radius 1 is 0.897 bits per heavy atom. The van der Waals surface area contributed by atoms with Gasteiger partial charge in [-0.25, -0.2) is 5.43 Å². The molecule has 0 aromatic heterocycles. The van der Waals surface area contributed by atoms with Crippen molar-refractivity contribution in [2.24, 2.45) is 5.10 Å². The zero-order valence-electron chi connectivity index (χ0n) is 17.4. The summed E-state index contributed by atoms with van der Waals surface area (Å²) in [5, 5.41) is 4.02. The highest BCUT2D eigenvalue weighted by Gasteiger charge is 2.11. The van der Waals surface area contributed by atoms with Crippen LogP contribution in [0.4, 0.5) is 0 Å². The lowest BCUT2D eigenvalue weighted by Gasteiger charge is -2.11. The van der Waals surface area contributed by atoms with E-state index < -0.39 is 0 Å². The molecule has 0 aliphatic carbocycles. The van der Waals surface area contributed by atoms with E-state index in [9.17, 15) is 4.79 Å². The molecular formula is C22H28N2O5. The van der Waals surface area contributed by atoms with E-state index in [1.54, 1.807) is 37.6 Å². The fraction of sp³-hybridized carbons (Fsp3) is 0.364. The van der Waals surface area contributed by atoms with Gasteiger partial charge in [0.05, 0.1) is 33.6 Å². The van der Waals surface area contributed by atoms with Gasteiger partial charge in [-0.3, -0.25) is 4.79 Å². The molecule has 0 aliphatic heterocycles. The molecular weight excluding hydrogens is 372 g/mol. The van der Waals surface area contributed by atoms with Gasteiger partial charge in [-0.1, -0.05) is 13.8 Å². The van der Waals surface area contributed by atoms with Crippen molar-refractivity contribution in [3.05, 3.63) is 47.5 Å². The lowest BCUT2D eigenvalue weighted by molar-refractivity contribution is 0.0954. The number of benzene rings is 2. The summed E-state index contributed by atoms with van der Waals surface area (Å²) in [6.45, 7) is 5.26. The molecule has 156 valence electrons. The third-order valence-electron chi connectivity index (χ3n) is 3.92. The van der Waals surface area contributed by atoms with Gasteiger partial charge >= 0.3 is 0 Å². The van der Waals surface area contributed by atoms with Crippen LogP contribution < -0.4 is 24.4 Å². The van der Waals surface area contributed by atoms with Gasteiger partial charge in [0, 0.05) is 5.56 Å². The molecule has 7 heteroatoms. The maximum absolute atomic E-state index is 12.4. The van der Waals surface area contributed by atoms with Crippen molar-refractivity contribution in [2.45, 2.75) is 26.7 Å². The van der Waals surface area contributed by atoms with Crippen LogP contribution in [0.1, 0.15) is 42.6 Å². The van der Waals surface area contributed by atoms with E-state index in [-0.39, 0.29) is 5.91 Å². The molecule has 1 N–H and O–H groups in total. The molecule has 0 atom stereocenters. The second-order valence-electron chi connectivity index (χ2n) is 6.17. The Bertz CT molecular complexity index is 836. The van der Waals surface area contributed by atoms with Crippen molar-refractivity contribution in [1.82, 2.24) is 5.43 Å². The van der Waals surface area contributed by atoms with Crippen molar-refractivity contribution in [2.75, 3.05) is 27.4 Å². The summed E-state index contributed by atoms with van der Waals surface area (Å²) in [5.41, 5.74) is 3.70. The van der Waals surface area contributed by atoms with E-state index in [1.807, 2.05) is 26.0 Å². The number of amides is 1. The molecule has 2 aromatic rings. The first-order valence-electron chi connectivity index (χ1n) is 9.58. The number of carbonyl (C=O) groups is 1. The first-order valence-corrected chi connectivity index (χ1v) is 9.58. The summed E-state index contributed by atoms with van der Waals surface area (Å²) >= 11 is 0. The van der Waals surface area contributed by atoms with Crippen LogP contribution in [-0.4, -0.2) is 39.6 Å². The number of methoxy groups -OCH3 is 2. The smallest absolute Gasteiger partial charge is 0.271 e. The third-order valence-corrected chi connectivity index (χ3v) is 3.92. The van der Waals surface area contributed by atoms with E-state index in [1.165, 1.54) is 7.11 Å². The van der Waals surface area contributed by atoms with Crippen LogP contribution in [0, 0.1) is 0 Å². The molecule has 29 heavy (non-hydrogen) atoms. The highest BCUT2D eigenvalue weighted by Crippen LogP contribution is 2.29. The molecule has 1 amide bonds. The van der Waals surface area contributed by atoms with Gasteiger partial charge in [0.15, 0.2) is 23.0 Å². The topological polar surface area (TPSA) is 78.4 Å². The SMILES string of the molecule is CCCOc1ccc(/C=N/NC(=O)c2ccc(OCCC)c(OC)c2)cc1OC. The number of hydrogen-bond acceptors (Lipinski definition) is 6. The van der Waals surface area contributed by atoms with Crippen LogP contribution in [-0.2, 0) is 0 Å². The molecule has 0 fully saturated rings. The predicted molar refractivity (Wildman–Crippen MR) is 113 cm³/mol. The molecule has 7 nitrogen and oxygen atoms in total. The number of hydrogen-bond donors (Lipinski definition) is 1. The molecule has 0 saturated carbocycles. The van der Waals surface area contributed by atoms with E-state index in [4.69, 9.17) is 18.9 Å². The molecule has 0 spiro atoms. The molecule has 0 radical (unpaired) electrons. The molecule has 0 unspecified atom stereocenters. The zero-order chi connectivity index (χ0) is 21.1. The summed E-state index contributed by atoms with van der Waals surface area (Å²) in [4.78, 5) is 12.4. The number of rotatable bonds is 11. The van der Waals surface area contributed by atoms with Gasteiger partial charge in [-0.05, 0) is 54.8 Å². The quantitative estimate of drug-likeness (QED) is 0.455. The molecule has 0 bridgehead atoms. The predicted octanol–water partition coefficient (Wildman–Crippen LogP) is 4.05. The van der Waals surface area contributed by atoms with Crippen molar-refractivity contribution in [3.63, 3.8) is 0 Å². The van der Waals surface area contributed by atoms with E-state index >= 15 is 0 Å². The highest BCUT2D eigenvalue weighted by molar-refractivity contribution is 5.95. The first-order chi connectivity index (χ1) is 14.1. The van der Waals surface area contributed by atoms with Gasteiger partial charge in [-0.2, -0.15) is 5.10 Å². The van der Waals surface area contributed by atoms with Crippen LogP contribution >= 0.6 is 0 Å². The van der Waals surface area contributed by atoms with Crippen LogP contribution in [0.2, 0.25) is 0 Å². The van der Waals surface area contributed by atoms with Gasteiger partial charge < -0.3 is 18.9 Å². The number of carbonyl (C=O) groups excluding carboxylic acids is 1.